The minimum atomic E-state index is -1.59. The van der Waals surface area contributed by atoms with E-state index in [0.717, 1.165) is 12.8 Å². The van der Waals surface area contributed by atoms with Crippen LogP contribution in [0.2, 0.25) is 19.6 Å². The van der Waals surface area contributed by atoms with E-state index >= 15 is 0 Å². The molecule has 0 radical (unpaired) electrons. The quantitative estimate of drug-likeness (QED) is 0.531. The molecule has 4 heteroatoms. The standard InChI is InChI=1S/C9H20O2PSi/c1-13(2,3)11-12(10)9-7-5-4-6-8-9/h9H,4-8H2,1-3H3/q+1. The molecule has 1 unspecified atom stereocenters. The summed E-state index contributed by atoms with van der Waals surface area (Å²) in [6.45, 7) is 6.30. The Balaban J connectivity index is 2.38. The Labute approximate surface area is 83.1 Å². The van der Waals surface area contributed by atoms with Crippen molar-refractivity contribution in [1.29, 1.82) is 0 Å². The first-order valence-electron chi connectivity index (χ1n) is 5.14. The van der Waals surface area contributed by atoms with E-state index in [4.69, 9.17) is 4.21 Å². The second-order valence-corrected chi connectivity index (χ2v) is 11.0. The van der Waals surface area contributed by atoms with Crippen LogP contribution < -0.4 is 0 Å². The molecule has 0 saturated heterocycles. The van der Waals surface area contributed by atoms with Gasteiger partial charge in [0, 0.05) is 0 Å². The second kappa shape index (κ2) is 4.67. The summed E-state index contributed by atoms with van der Waals surface area (Å²) >= 11 is 0. The van der Waals surface area contributed by atoms with Gasteiger partial charge in [0.05, 0.1) is 0 Å². The first-order valence-corrected chi connectivity index (χ1v) is 9.80. The summed E-state index contributed by atoms with van der Waals surface area (Å²) in [5.74, 6) is 0. The lowest BCUT2D eigenvalue weighted by Crippen LogP contribution is -2.23. The summed E-state index contributed by atoms with van der Waals surface area (Å²) in [5.41, 5.74) is 0.357. The van der Waals surface area contributed by atoms with E-state index in [1.807, 2.05) is 0 Å². The molecule has 1 aliphatic rings. The highest BCUT2D eigenvalue weighted by atomic mass is 31.1. The molecule has 0 bridgehead atoms. The summed E-state index contributed by atoms with van der Waals surface area (Å²) in [4.78, 5) is 0. The van der Waals surface area contributed by atoms with Crippen molar-refractivity contribution < 1.29 is 8.78 Å². The Bertz CT molecular complexity index is 183. The van der Waals surface area contributed by atoms with Crippen LogP contribution in [0.3, 0.4) is 0 Å². The monoisotopic (exact) mass is 219 g/mol. The van der Waals surface area contributed by atoms with Gasteiger partial charge in [-0.2, -0.15) is 0 Å². The molecular weight excluding hydrogens is 199 g/mol. The Hall–Kier alpha value is 0.277. The Morgan fingerprint density at radius 1 is 1.15 bits per heavy atom. The van der Waals surface area contributed by atoms with Crippen LogP contribution in [0.15, 0.2) is 0 Å². The van der Waals surface area contributed by atoms with Crippen LogP contribution in [-0.4, -0.2) is 14.0 Å². The van der Waals surface area contributed by atoms with Gasteiger partial charge in [-0.05, 0) is 49.9 Å². The SMILES string of the molecule is C[Si](C)(C)O[P+](=O)C1CCCCC1. The molecule has 1 fully saturated rings. The predicted molar refractivity (Wildman–Crippen MR) is 58.9 cm³/mol. The molecule has 1 saturated carbocycles. The van der Waals surface area contributed by atoms with Crippen molar-refractivity contribution in [3.8, 4) is 0 Å². The summed E-state index contributed by atoms with van der Waals surface area (Å²) in [5, 5.41) is 0. The van der Waals surface area contributed by atoms with Crippen LogP contribution in [0.1, 0.15) is 32.1 Å². The van der Waals surface area contributed by atoms with Crippen molar-refractivity contribution >= 4 is 16.3 Å². The number of rotatable bonds is 3. The fraction of sp³-hybridized carbons (Fsp3) is 1.00. The van der Waals surface area contributed by atoms with Gasteiger partial charge in [0.15, 0.2) is 5.66 Å². The molecule has 2 nitrogen and oxygen atoms in total. The van der Waals surface area contributed by atoms with E-state index < -0.39 is 16.3 Å². The van der Waals surface area contributed by atoms with Crippen molar-refractivity contribution in [3.63, 3.8) is 0 Å². The van der Waals surface area contributed by atoms with Crippen LogP contribution in [0.4, 0.5) is 0 Å². The maximum Gasteiger partial charge on any atom is 0.499 e. The molecule has 1 aliphatic carbocycles. The van der Waals surface area contributed by atoms with E-state index in [-0.39, 0.29) is 0 Å². The van der Waals surface area contributed by atoms with Crippen LogP contribution in [0.5, 0.6) is 0 Å². The molecule has 1 atom stereocenters. The fourth-order valence-corrected chi connectivity index (χ4v) is 5.18. The summed E-state index contributed by atoms with van der Waals surface area (Å²) in [7, 11) is -2.96. The van der Waals surface area contributed by atoms with Gasteiger partial charge in [0.1, 0.15) is 0 Å². The molecule has 0 spiro atoms. The Morgan fingerprint density at radius 3 is 2.15 bits per heavy atom. The Morgan fingerprint density at radius 2 is 1.69 bits per heavy atom. The topological polar surface area (TPSA) is 26.3 Å². The van der Waals surface area contributed by atoms with Crippen molar-refractivity contribution in [2.45, 2.75) is 57.4 Å². The van der Waals surface area contributed by atoms with Gasteiger partial charge in [-0.3, -0.25) is 0 Å². The van der Waals surface area contributed by atoms with E-state index in [1.165, 1.54) is 19.3 Å². The van der Waals surface area contributed by atoms with Gasteiger partial charge >= 0.3 is 8.03 Å². The van der Waals surface area contributed by atoms with Crippen LogP contribution in [-0.2, 0) is 8.78 Å². The second-order valence-electron chi connectivity index (χ2n) is 4.78. The zero-order valence-corrected chi connectivity index (χ0v) is 10.8. The Kier molecular flexibility index (Phi) is 4.08. The third kappa shape index (κ3) is 4.34. The molecule has 0 N–H and O–H groups in total. The largest absolute Gasteiger partial charge is 0.499 e. The summed E-state index contributed by atoms with van der Waals surface area (Å²) < 4.78 is 17.4. The van der Waals surface area contributed by atoms with Crippen molar-refractivity contribution in [2.75, 3.05) is 0 Å². The molecule has 0 aromatic carbocycles. The first kappa shape index (κ1) is 11.4. The van der Waals surface area contributed by atoms with Crippen LogP contribution in [0, 0.1) is 0 Å². The maximum absolute atomic E-state index is 11.8. The average Bonchev–Trinajstić information content (AvgIpc) is 2.03. The van der Waals surface area contributed by atoms with Crippen molar-refractivity contribution in [3.05, 3.63) is 0 Å². The third-order valence-corrected chi connectivity index (χ3v) is 6.26. The maximum atomic E-state index is 11.8. The lowest BCUT2D eigenvalue weighted by atomic mass is 10.0. The molecule has 0 aromatic rings. The molecule has 0 amide bonds. The lowest BCUT2D eigenvalue weighted by Gasteiger charge is -2.15. The zero-order valence-electron chi connectivity index (χ0n) is 8.88. The van der Waals surface area contributed by atoms with Crippen LogP contribution in [0.25, 0.3) is 0 Å². The molecule has 1 rings (SSSR count). The first-order chi connectivity index (χ1) is 5.99. The van der Waals surface area contributed by atoms with Gasteiger partial charge in [-0.1, -0.05) is 6.42 Å². The molecule has 13 heavy (non-hydrogen) atoms. The summed E-state index contributed by atoms with van der Waals surface area (Å²) in [6.07, 6.45) is 6.01. The molecular formula is C9H20O2PSi+. The van der Waals surface area contributed by atoms with E-state index in [0.29, 0.717) is 5.66 Å². The fourth-order valence-electron chi connectivity index (χ4n) is 1.64. The van der Waals surface area contributed by atoms with E-state index in [1.54, 1.807) is 0 Å². The third-order valence-electron chi connectivity index (χ3n) is 2.24. The van der Waals surface area contributed by atoms with Gasteiger partial charge in [0.2, 0.25) is 0 Å². The highest BCUT2D eigenvalue weighted by molar-refractivity contribution is 7.42. The predicted octanol–water partition coefficient (Wildman–Crippen LogP) is 3.91. The highest BCUT2D eigenvalue weighted by Gasteiger charge is 2.38. The van der Waals surface area contributed by atoms with Gasteiger partial charge in [-0.15, -0.1) is 0 Å². The molecule has 0 heterocycles. The van der Waals surface area contributed by atoms with Crippen molar-refractivity contribution in [1.82, 2.24) is 0 Å². The van der Waals surface area contributed by atoms with Crippen LogP contribution >= 0.6 is 8.03 Å². The minimum Gasteiger partial charge on any atom is -0.202 e. The zero-order chi connectivity index (χ0) is 9.90. The highest BCUT2D eigenvalue weighted by Crippen LogP contribution is 2.41. The normalized spacial score (nSPS) is 21.6. The molecule has 0 aliphatic heterocycles. The minimum absolute atomic E-state index is 0.357. The lowest BCUT2D eigenvalue weighted by molar-refractivity contribution is 0.444. The molecule has 76 valence electrons. The van der Waals surface area contributed by atoms with Gasteiger partial charge in [-0.25, -0.2) is 4.21 Å². The van der Waals surface area contributed by atoms with Crippen molar-refractivity contribution in [2.24, 2.45) is 0 Å². The van der Waals surface area contributed by atoms with Gasteiger partial charge < -0.3 is 0 Å². The number of hydrogen-bond donors (Lipinski definition) is 0. The smallest absolute Gasteiger partial charge is 0.202 e. The van der Waals surface area contributed by atoms with E-state index in [2.05, 4.69) is 19.6 Å². The number of hydrogen-bond acceptors (Lipinski definition) is 2. The van der Waals surface area contributed by atoms with E-state index in [9.17, 15) is 4.57 Å². The molecule has 0 aromatic heterocycles. The van der Waals surface area contributed by atoms with Gasteiger partial charge in [0.25, 0.3) is 8.32 Å². The summed E-state index contributed by atoms with van der Waals surface area (Å²) in [6, 6.07) is 0. The average molecular weight is 219 g/mol.